The molecule has 2 unspecified atom stereocenters. The first-order valence-electron chi connectivity index (χ1n) is 16.0. The summed E-state index contributed by atoms with van der Waals surface area (Å²) in [4.78, 5) is 37.5. The molecule has 0 aromatic heterocycles. The number of hydrogen-bond donors (Lipinski definition) is 0. The number of benzene rings is 3. The standard InChI is InChI=1S/C22H25O4.C15H21O2.Co.O/c1-3-5-9-17(4-2)16-25-21(23)19-12-14-20(15-13-19)26-22(24)18-10-7-6-8-11-18;1-3-5-9-13(4-2)12-15(16)17-14-10-7-6-8-11-14;;/h7-8,10-15,17H,3-5,9,16H2,1-2H3;7-8,10-11,13H,3-5,9,12H2,1-2H3;;. The average Bonchev–Trinajstić information content (AvgIpc) is 3.07. The number of carbonyl (C=O) groups excluding carboxylic acids is 3. The summed E-state index contributed by atoms with van der Waals surface area (Å²) >= 11 is -1.89. The van der Waals surface area contributed by atoms with Crippen molar-refractivity contribution in [2.45, 2.75) is 85.5 Å². The van der Waals surface area contributed by atoms with Crippen molar-refractivity contribution in [2.75, 3.05) is 6.61 Å². The molecule has 0 saturated heterocycles. The van der Waals surface area contributed by atoms with Crippen LogP contribution in [0.25, 0.3) is 0 Å². The molecular formula is C37H46CoO7. The third-order valence-electron chi connectivity index (χ3n) is 7.74. The molecule has 7 nitrogen and oxygen atoms in total. The van der Waals surface area contributed by atoms with Gasteiger partial charge in [-0.1, -0.05) is 33.1 Å². The normalized spacial score (nSPS) is 12.6. The van der Waals surface area contributed by atoms with Gasteiger partial charge in [0.2, 0.25) is 0 Å². The van der Waals surface area contributed by atoms with Gasteiger partial charge in [-0.05, 0) is 12.3 Å². The quantitative estimate of drug-likeness (QED) is 0.102. The molecule has 0 heterocycles. The molecule has 0 fully saturated rings. The van der Waals surface area contributed by atoms with Crippen molar-refractivity contribution in [3.05, 3.63) is 83.9 Å². The molecule has 8 heteroatoms. The Morgan fingerprint density at radius 1 is 0.622 bits per heavy atom. The Balaban J connectivity index is 1.51. The average molecular weight is 662 g/mol. The first-order chi connectivity index (χ1) is 21.8. The van der Waals surface area contributed by atoms with E-state index in [1.54, 1.807) is 72.8 Å². The third kappa shape index (κ3) is 11.7. The minimum atomic E-state index is -1.89. The summed E-state index contributed by atoms with van der Waals surface area (Å²) in [7, 11) is 0. The van der Waals surface area contributed by atoms with Gasteiger partial charge in [-0.3, -0.25) is 0 Å². The SMILES string of the molecule is CCCCC(CC)COC(=O)c1ccc(OC(=O)c2cc[c]([Co](=[O])[c]3ccc(OC(=O)CC(CC)CCCC)cc3)cc2)cc1. The Morgan fingerprint density at radius 2 is 1.09 bits per heavy atom. The minimum absolute atomic E-state index is 0.255. The van der Waals surface area contributed by atoms with Crippen LogP contribution in [0.3, 0.4) is 0 Å². The van der Waals surface area contributed by atoms with Crippen LogP contribution in [0.15, 0.2) is 72.8 Å². The Kier molecular flexibility index (Phi) is 15.2. The molecule has 3 rings (SSSR count). The van der Waals surface area contributed by atoms with Crippen LogP contribution in [-0.4, -0.2) is 24.5 Å². The molecule has 3 aromatic carbocycles. The molecule has 0 aliphatic rings. The van der Waals surface area contributed by atoms with Crippen LogP contribution in [0.5, 0.6) is 11.5 Å². The zero-order valence-corrected chi connectivity index (χ0v) is 27.9. The van der Waals surface area contributed by atoms with E-state index >= 15 is 0 Å². The fourth-order valence-corrected chi connectivity index (χ4v) is 6.06. The van der Waals surface area contributed by atoms with Gasteiger partial charge in [0.15, 0.2) is 0 Å². The summed E-state index contributed by atoms with van der Waals surface area (Å²) < 4.78 is 30.7. The molecule has 0 N–H and O–H groups in total. The number of rotatable bonds is 18. The van der Waals surface area contributed by atoms with Crippen LogP contribution >= 0.6 is 0 Å². The molecule has 3 aromatic rings. The van der Waals surface area contributed by atoms with E-state index in [4.69, 9.17) is 14.2 Å². The van der Waals surface area contributed by atoms with Gasteiger partial charge in [-0.25, -0.2) is 0 Å². The molecule has 0 bridgehead atoms. The van der Waals surface area contributed by atoms with Crippen molar-refractivity contribution in [2.24, 2.45) is 11.8 Å². The molecule has 0 amide bonds. The fraction of sp³-hybridized carbons (Fsp3) is 0.432. The van der Waals surface area contributed by atoms with E-state index in [0.717, 1.165) is 51.4 Å². The van der Waals surface area contributed by atoms with E-state index in [-0.39, 0.29) is 5.97 Å². The third-order valence-corrected chi connectivity index (χ3v) is 9.52. The van der Waals surface area contributed by atoms with Crippen LogP contribution in [0.1, 0.15) is 106 Å². The maximum atomic E-state index is 13.2. The number of unbranched alkanes of at least 4 members (excludes halogenated alkanes) is 2. The van der Waals surface area contributed by atoms with Crippen molar-refractivity contribution in [3.63, 3.8) is 0 Å². The first kappa shape index (κ1) is 35.9. The maximum absolute atomic E-state index is 13.2. The van der Waals surface area contributed by atoms with Crippen LogP contribution in [0, 0.1) is 11.8 Å². The number of hydrogen-bond acceptors (Lipinski definition) is 7. The van der Waals surface area contributed by atoms with Crippen molar-refractivity contribution in [1.29, 1.82) is 0 Å². The van der Waals surface area contributed by atoms with Gasteiger partial charge < -0.3 is 0 Å². The Bertz CT molecular complexity index is 1380. The molecule has 0 spiro atoms. The summed E-state index contributed by atoms with van der Waals surface area (Å²) in [6.45, 7) is 8.87. The summed E-state index contributed by atoms with van der Waals surface area (Å²) in [5.74, 6) is 0.177. The first-order valence-corrected chi connectivity index (χ1v) is 17.5. The molecule has 45 heavy (non-hydrogen) atoms. The molecule has 0 aliphatic carbocycles. The number of esters is 3. The molecule has 0 aliphatic heterocycles. The van der Waals surface area contributed by atoms with Crippen LogP contribution in [0.4, 0.5) is 0 Å². The second-order valence-electron chi connectivity index (χ2n) is 11.2. The monoisotopic (exact) mass is 661 g/mol. The van der Waals surface area contributed by atoms with Gasteiger partial charge in [0.05, 0.1) is 6.61 Å². The van der Waals surface area contributed by atoms with Crippen LogP contribution in [0.2, 0.25) is 0 Å². The summed E-state index contributed by atoms with van der Waals surface area (Å²) in [6.07, 6.45) is 8.78. The zero-order valence-electron chi connectivity index (χ0n) is 26.8. The summed E-state index contributed by atoms with van der Waals surface area (Å²) in [6, 6.07) is 19.3. The number of carbonyl (C=O) groups is 3. The zero-order chi connectivity index (χ0) is 32.6. The van der Waals surface area contributed by atoms with Gasteiger partial charge in [-0.2, -0.15) is 0 Å². The number of ether oxygens (including phenoxy) is 3. The van der Waals surface area contributed by atoms with Crippen LogP contribution in [-0.2, 0) is 27.0 Å². The van der Waals surface area contributed by atoms with Crippen LogP contribution < -0.4 is 18.5 Å². The van der Waals surface area contributed by atoms with Crippen molar-refractivity contribution >= 4 is 26.9 Å². The predicted molar refractivity (Wildman–Crippen MR) is 171 cm³/mol. The molecule has 2 atom stereocenters. The van der Waals surface area contributed by atoms with E-state index < -0.39 is 25.5 Å². The summed E-state index contributed by atoms with van der Waals surface area (Å²) in [5, 5.41) is 0. The van der Waals surface area contributed by atoms with Crippen molar-refractivity contribution < 1.29 is 46.0 Å². The van der Waals surface area contributed by atoms with Gasteiger partial charge >= 0.3 is 220 Å². The Labute approximate surface area is 271 Å². The second-order valence-corrected chi connectivity index (χ2v) is 13.0. The van der Waals surface area contributed by atoms with E-state index in [9.17, 15) is 18.2 Å². The Hall–Kier alpha value is -3.62. The van der Waals surface area contributed by atoms with Gasteiger partial charge in [0.1, 0.15) is 0 Å². The molecule has 0 radical (unpaired) electrons. The van der Waals surface area contributed by atoms with E-state index in [1.807, 2.05) is 0 Å². The fourth-order valence-electron chi connectivity index (χ4n) is 4.74. The van der Waals surface area contributed by atoms with Crippen molar-refractivity contribution in [1.82, 2.24) is 0 Å². The molecule has 245 valence electrons. The van der Waals surface area contributed by atoms with Gasteiger partial charge in [0.25, 0.3) is 0 Å². The predicted octanol–water partition coefficient (Wildman–Crippen LogP) is 7.71. The molecule has 0 saturated carbocycles. The second kappa shape index (κ2) is 19.0. The summed E-state index contributed by atoms with van der Waals surface area (Å²) in [5.41, 5.74) is 0.696. The van der Waals surface area contributed by atoms with Gasteiger partial charge in [0, 0.05) is 0 Å². The van der Waals surface area contributed by atoms with Gasteiger partial charge in [-0.15, -0.1) is 0 Å². The van der Waals surface area contributed by atoms with E-state index in [1.165, 1.54) is 0 Å². The Morgan fingerprint density at radius 3 is 1.64 bits per heavy atom. The molecular weight excluding hydrogens is 615 g/mol. The van der Waals surface area contributed by atoms with Crippen molar-refractivity contribution in [3.8, 4) is 11.5 Å². The topological polar surface area (TPSA) is 96.0 Å². The van der Waals surface area contributed by atoms with E-state index in [2.05, 4.69) is 27.7 Å². The van der Waals surface area contributed by atoms with E-state index in [0.29, 0.717) is 56.5 Å².